The lowest BCUT2D eigenvalue weighted by Crippen LogP contribution is -2.49. The van der Waals surface area contributed by atoms with E-state index in [0.29, 0.717) is 54.0 Å². The van der Waals surface area contributed by atoms with Crippen LogP contribution in [-0.4, -0.2) is 63.8 Å². The van der Waals surface area contributed by atoms with Gasteiger partial charge in [0.05, 0.1) is 15.8 Å². The highest BCUT2D eigenvalue weighted by Crippen LogP contribution is 2.32. The van der Waals surface area contributed by atoms with Crippen LogP contribution in [0.2, 0.25) is 4.34 Å². The molecule has 0 atom stereocenters. The average molecular weight is 598 g/mol. The Bertz CT molecular complexity index is 1560. The SMILES string of the molecule is CC(C)(C)OC(=O)NCC(=O)N1CCC(NC(=O)c2cc3ccccc3n2Cc2cc(-c3ccc(Cl)s3)on2)CC1. The molecule has 0 aliphatic carbocycles. The smallest absolute Gasteiger partial charge is 0.408 e. The molecule has 0 spiro atoms. The van der Waals surface area contributed by atoms with Crippen molar-refractivity contribution in [2.24, 2.45) is 0 Å². The zero-order valence-corrected chi connectivity index (χ0v) is 24.7. The first-order valence-electron chi connectivity index (χ1n) is 13.4. The van der Waals surface area contributed by atoms with E-state index < -0.39 is 11.7 Å². The zero-order chi connectivity index (χ0) is 29.1. The molecule has 1 saturated heterocycles. The summed E-state index contributed by atoms with van der Waals surface area (Å²) in [6.07, 6.45) is 0.599. The van der Waals surface area contributed by atoms with E-state index in [1.54, 1.807) is 25.7 Å². The van der Waals surface area contributed by atoms with Crippen molar-refractivity contribution in [1.29, 1.82) is 0 Å². The van der Waals surface area contributed by atoms with Crippen molar-refractivity contribution in [2.45, 2.75) is 51.8 Å². The number of halogens is 1. The highest BCUT2D eigenvalue weighted by Gasteiger charge is 2.26. The van der Waals surface area contributed by atoms with Crippen molar-refractivity contribution in [1.82, 2.24) is 25.3 Å². The number of likely N-dealkylation sites (tertiary alicyclic amines) is 1. The van der Waals surface area contributed by atoms with E-state index in [1.807, 2.05) is 53.1 Å². The number of nitrogens with one attached hydrogen (secondary N) is 2. The van der Waals surface area contributed by atoms with E-state index in [2.05, 4.69) is 15.8 Å². The van der Waals surface area contributed by atoms with Gasteiger partial charge < -0.3 is 29.4 Å². The second kappa shape index (κ2) is 12.0. The minimum Gasteiger partial charge on any atom is -0.444 e. The van der Waals surface area contributed by atoms with Crippen LogP contribution in [0.25, 0.3) is 21.5 Å². The maximum atomic E-state index is 13.5. The highest BCUT2D eigenvalue weighted by molar-refractivity contribution is 7.19. The molecule has 1 fully saturated rings. The van der Waals surface area contributed by atoms with Gasteiger partial charge in [-0.2, -0.15) is 0 Å². The summed E-state index contributed by atoms with van der Waals surface area (Å²) in [5.41, 5.74) is 1.49. The predicted octanol–water partition coefficient (Wildman–Crippen LogP) is 5.31. The summed E-state index contributed by atoms with van der Waals surface area (Å²) in [4.78, 5) is 40.5. The molecule has 12 heteroatoms. The highest BCUT2D eigenvalue weighted by atomic mass is 35.5. The van der Waals surface area contributed by atoms with Gasteiger partial charge in [-0.25, -0.2) is 4.79 Å². The van der Waals surface area contributed by atoms with Crippen LogP contribution in [0.15, 0.2) is 53.1 Å². The van der Waals surface area contributed by atoms with Gasteiger partial charge in [-0.05, 0) is 57.9 Å². The fourth-order valence-electron chi connectivity index (χ4n) is 4.79. The first-order chi connectivity index (χ1) is 19.6. The fourth-order valence-corrected chi connectivity index (χ4v) is 5.78. The van der Waals surface area contributed by atoms with E-state index >= 15 is 0 Å². The molecule has 0 unspecified atom stereocenters. The molecule has 1 aliphatic rings. The Balaban J connectivity index is 1.21. The van der Waals surface area contributed by atoms with Gasteiger partial charge in [0.25, 0.3) is 5.91 Å². The fraction of sp³-hybridized carbons (Fsp3) is 0.379. The molecule has 1 aromatic carbocycles. The number of hydrogen-bond acceptors (Lipinski definition) is 7. The van der Waals surface area contributed by atoms with Crippen molar-refractivity contribution in [2.75, 3.05) is 19.6 Å². The quantitative estimate of drug-likeness (QED) is 0.298. The number of amides is 3. The van der Waals surface area contributed by atoms with Gasteiger partial charge in [-0.1, -0.05) is 35.0 Å². The van der Waals surface area contributed by atoms with Crippen molar-refractivity contribution in [3.63, 3.8) is 0 Å². The molecular weight excluding hydrogens is 566 g/mol. The third-order valence-electron chi connectivity index (χ3n) is 6.70. The number of aromatic nitrogens is 2. The first kappa shape index (κ1) is 28.7. The average Bonchev–Trinajstić information content (AvgIpc) is 3.66. The minimum absolute atomic E-state index is 0.0842. The van der Waals surface area contributed by atoms with E-state index in [1.165, 1.54) is 11.3 Å². The zero-order valence-electron chi connectivity index (χ0n) is 23.1. The Morgan fingerprint density at radius 3 is 2.59 bits per heavy atom. The molecule has 3 aromatic heterocycles. The standard InChI is InChI=1S/C29H32ClN5O5S/c1-29(2,3)39-28(38)31-16-26(36)34-12-10-19(11-13-34)32-27(37)22-14-18-6-4-5-7-21(18)35(22)17-20-15-23(40-33-20)24-8-9-25(30)41-24/h4-9,14-15,19H,10-13,16-17H2,1-3H3,(H,31,38)(H,32,37). The number of piperidine rings is 1. The lowest BCUT2D eigenvalue weighted by atomic mass is 10.0. The van der Waals surface area contributed by atoms with Crippen molar-refractivity contribution in [3.8, 4) is 10.6 Å². The topological polar surface area (TPSA) is 119 Å². The lowest BCUT2D eigenvalue weighted by Gasteiger charge is -2.32. The summed E-state index contributed by atoms with van der Waals surface area (Å²) in [6.45, 7) is 6.49. The summed E-state index contributed by atoms with van der Waals surface area (Å²) in [7, 11) is 0. The monoisotopic (exact) mass is 597 g/mol. The first-order valence-corrected chi connectivity index (χ1v) is 14.6. The Morgan fingerprint density at radius 2 is 1.88 bits per heavy atom. The lowest BCUT2D eigenvalue weighted by molar-refractivity contribution is -0.131. The number of alkyl carbamates (subject to hydrolysis) is 1. The molecule has 4 heterocycles. The van der Waals surface area contributed by atoms with Crippen LogP contribution < -0.4 is 10.6 Å². The van der Waals surface area contributed by atoms with Crippen molar-refractivity contribution in [3.05, 3.63) is 64.3 Å². The van der Waals surface area contributed by atoms with Crippen LogP contribution in [0, 0.1) is 0 Å². The number of thiophene rings is 1. The van der Waals surface area contributed by atoms with E-state index in [-0.39, 0.29) is 24.4 Å². The maximum Gasteiger partial charge on any atom is 0.408 e. The summed E-state index contributed by atoms with van der Waals surface area (Å²) >= 11 is 7.48. The summed E-state index contributed by atoms with van der Waals surface area (Å²) in [5, 5.41) is 10.8. The maximum absolute atomic E-state index is 13.5. The molecule has 1 aliphatic heterocycles. The minimum atomic E-state index is -0.633. The molecule has 0 radical (unpaired) electrons. The van der Waals surface area contributed by atoms with Gasteiger partial charge in [0, 0.05) is 36.1 Å². The molecular formula is C29H32ClN5O5S. The molecule has 10 nitrogen and oxygen atoms in total. The van der Waals surface area contributed by atoms with Crippen LogP contribution in [0.1, 0.15) is 49.8 Å². The summed E-state index contributed by atoms with van der Waals surface area (Å²) in [6, 6.07) is 15.2. The molecule has 216 valence electrons. The van der Waals surface area contributed by atoms with Crippen molar-refractivity contribution >= 4 is 51.7 Å². The predicted molar refractivity (Wildman–Crippen MR) is 157 cm³/mol. The molecule has 0 saturated carbocycles. The van der Waals surface area contributed by atoms with E-state index in [4.69, 9.17) is 20.9 Å². The van der Waals surface area contributed by atoms with Crippen LogP contribution in [0.5, 0.6) is 0 Å². The normalized spacial score (nSPS) is 14.3. The number of ether oxygens (including phenoxy) is 1. The largest absolute Gasteiger partial charge is 0.444 e. The van der Waals surface area contributed by atoms with Crippen LogP contribution in [-0.2, 0) is 16.1 Å². The van der Waals surface area contributed by atoms with Crippen LogP contribution >= 0.6 is 22.9 Å². The number of carbonyl (C=O) groups excluding carboxylic acids is 3. The third kappa shape index (κ3) is 7.09. The number of para-hydroxylation sites is 1. The number of carbonyl (C=O) groups is 3. The van der Waals surface area contributed by atoms with Gasteiger partial charge in [0.1, 0.15) is 23.5 Å². The van der Waals surface area contributed by atoms with Gasteiger partial charge in [-0.3, -0.25) is 9.59 Å². The molecule has 41 heavy (non-hydrogen) atoms. The number of nitrogens with zero attached hydrogens (tertiary/aromatic N) is 3. The Hall–Kier alpha value is -3.83. The summed E-state index contributed by atoms with van der Waals surface area (Å²) in [5.74, 6) is 0.255. The molecule has 5 rings (SSSR count). The number of hydrogen-bond donors (Lipinski definition) is 2. The number of rotatable bonds is 7. The summed E-state index contributed by atoms with van der Waals surface area (Å²) < 4.78 is 13.3. The molecule has 0 bridgehead atoms. The van der Waals surface area contributed by atoms with Gasteiger partial charge >= 0.3 is 6.09 Å². The third-order valence-corrected chi connectivity index (χ3v) is 7.95. The molecule has 3 amide bonds. The molecule has 4 aromatic rings. The van der Waals surface area contributed by atoms with Crippen molar-refractivity contribution < 1.29 is 23.6 Å². The van der Waals surface area contributed by atoms with E-state index in [9.17, 15) is 14.4 Å². The van der Waals surface area contributed by atoms with Crippen LogP contribution in [0.4, 0.5) is 4.79 Å². The van der Waals surface area contributed by atoms with Gasteiger partial charge in [0.15, 0.2) is 5.76 Å². The number of fused-ring (bicyclic) bond motifs is 1. The van der Waals surface area contributed by atoms with Gasteiger partial charge in [-0.15, -0.1) is 11.3 Å². The van der Waals surface area contributed by atoms with Crippen LogP contribution in [0.3, 0.4) is 0 Å². The number of benzene rings is 1. The Kier molecular flexibility index (Phi) is 8.37. The molecule has 2 N–H and O–H groups in total. The Morgan fingerprint density at radius 1 is 1.12 bits per heavy atom. The second-order valence-corrected chi connectivity index (χ2v) is 12.7. The van der Waals surface area contributed by atoms with E-state index in [0.717, 1.165) is 15.8 Å². The Labute approximate surface area is 246 Å². The van der Waals surface area contributed by atoms with Gasteiger partial charge in [0.2, 0.25) is 5.91 Å². The second-order valence-electron chi connectivity index (χ2n) is 10.9.